The Bertz CT molecular complexity index is 433. The van der Waals surface area contributed by atoms with Crippen LogP contribution in [-0.4, -0.2) is 14.3 Å². The highest BCUT2D eigenvalue weighted by Gasteiger charge is 2.25. The van der Waals surface area contributed by atoms with Gasteiger partial charge in [0.05, 0.1) is 6.10 Å². The predicted molar refractivity (Wildman–Crippen MR) is 94.5 cm³/mol. The topological polar surface area (TPSA) is 21.3 Å². The number of hydrogen-bond donors (Lipinski definition) is 1. The zero-order chi connectivity index (χ0) is 15.5. The van der Waals surface area contributed by atoms with Crippen LogP contribution >= 0.6 is 8.30 Å². The van der Waals surface area contributed by atoms with E-state index in [1.54, 1.807) is 0 Å². The molecule has 0 saturated carbocycles. The fourth-order valence-corrected chi connectivity index (χ4v) is 6.67. The van der Waals surface area contributed by atoms with Crippen LogP contribution in [-0.2, 0) is 4.52 Å². The van der Waals surface area contributed by atoms with E-state index in [4.69, 9.17) is 4.52 Å². The van der Waals surface area contributed by atoms with Crippen LogP contribution in [0.15, 0.2) is 12.1 Å². The van der Waals surface area contributed by atoms with Gasteiger partial charge in [-0.15, -0.1) is 0 Å². The molecule has 4 heteroatoms. The van der Waals surface area contributed by atoms with Crippen molar-refractivity contribution >= 4 is 21.8 Å². The second-order valence-corrected chi connectivity index (χ2v) is 13.4. The first-order valence-electron chi connectivity index (χ1n) is 7.46. The number of rotatable bonds is 6. The molecule has 1 rings (SSSR count). The van der Waals surface area contributed by atoms with E-state index < -0.39 is 16.5 Å². The average molecular weight is 311 g/mol. The summed E-state index contributed by atoms with van der Waals surface area (Å²) >= 11 is 0. The monoisotopic (exact) mass is 311 g/mol. The van der Waals surface area contributed by atoms with Crippen LogP contribution in [0.5, 0.6) is 0 Å². The van der Waals surface area contributed by atoms with Crippen molar-refractivity contribution in [3.8, 4) is 0 Å². The Morgan fingerprint density at radius 2 is 1.65 bits per heavy atom. The number of aryl methyl sites for hydroxylation is 3. The first kappa shape index (κ1) is 17.8. The van der Waals surface area contributed by atoms with Crippen LogP contribution in [0.3, 0.4) is 0 Å². The van der Waals surface area contributed by atoms with Gasteiger partial charge in [-0.05, 0) is 45.2 Å². The summed E-state index contributed by atoms with van der Waals surface area (Å²) in [6, 6.07) is 4.53. The molecule has 2 atom stereocenters. The van der Waals surface area contributed by atoms with E-state index in [0.717, 1.165) is 6.42 Å². The molecule has 2 nitrogen and oxygen atoms in total. The van der Waals surface area contributed by atoms with E-state index in [2.05, 4.69) is 71.1 Å². The van der Waals surface area contributed by atoms with E-state index in [1.165, 1.54) is 22.0 Å². The molecular formula is C16H30NOPSi. The Morgan fingerprint density at radius 1 is 1.15 bits per heavy atom. The maximum atomic E-state index is 6.35. The predicted octanol–water partition coefficient (Wildman–Crippen LogP) is 4.79. The molecule has 0 spiro atoms. The van der Waals surface area contributed by atoms with E-state index in [1.807, 2.05) is 0 Å². The molecule has 0 aliphatic rings. The molecule has 0 bridgehead atoms. The molecule has 114 valence electrons. The van der Waals surface area contributed by atoms with Gasteiger partial charge in [-0.1, -0.05) is 44.3 Å². The van der Waals surface area contributed by atoms with Crippen LogP contribution in [0.4, 0.5) is 0 Å². The molecule has 0 heterocycles. The molecule has 1 N–H and O–H groups in total. The third kappa shape index (κ3) is 5.29. The number of benzene rings is 1. The smallest absolute Gasteiger partial charge is 0.128 e. The minimum absolute atomic E-state index is 0.296. The van der Waals surface area contributed by atoms with Gasteiger partial charge in [-0.25, -0.2) is 0 Å². The van der Waals surface area contributed by atoms with Gasteiger partial charge in [0.1, 0.15) is 16.5 Å². The molecule has 0 amide bonds. The summed E-state index contributed by atoms with van der Waals surface area (Å²) in [6.07, 6.45) is 1.35. The van der Waals surface area contributed by atoms with Crippen molar-refractivity contribution in [2.75, 3.05) is 0 Å². The average Bonchev–Trinajstić information content (AvgIpc) is 2.24. The second-order valence-electron chi connectivity index (χ2n) is 6.73. The summed E-state index contributed by atoms with van der Waals surface area (Å²) in [7, 11) is -2.12. The highest BCUT2D eigenvalue weighted by molar-refractivity contribution is 7.61. The van der Waals surface area contributed by atoms with Crippen molar-refractivity contribution in [1.82, 2.24) is 4.75 Å². The third-order valence-corrected chi connectivity index (χ3v) is 8.31. The van der Waals surface area contributed by atoms with Gasteiger partial charge in [0.25, 0.3) is 0 Å². The first-order chi connectivity index (χ1) is 9.14. The van der Waals surface area contributed by atoms with Gasteiger partial charge >= 0.3 is 0 Å². The lowest BCUT2D eigenvalue weighted by molar-refractivity contribution is 0.244. The van der Waals surface area contributed by atoms with Crippen LogP contribution in [0.25, 0.3) is 0 Å². The number of hydrogen-bond acceptors (Lipinski definition) is 2. The van der Waals surface area contributed by atoms with Crippen molar-refractivity contribution in [2.24, 2.45) is 0 Å². The van der Waals surface area contributed by atoms with E-state index >= 15 is 0 Å². The minimum Gasteiger partial charge on any atom is -0.337 e. The second kappa shape index (κ2) is 7.17. The lowest BCUT2D eigenvalue weighted by Gasteiger charge is -2.31. The molecule has 0 radical (unpaired) electrons. The summed E-state index contributed by atoms with van der Waals surface area (Å²) in [5.41, 5.74) is 4.03. The molecule has 0 saturated heterocycles. The standard InChI is InChI=1S/C16H30NOPSi/c1-9-15(5)18-19(17-20(6,7)8)16-13(3)10-12(2)11-14(16)4/h10-11,15,17H,9H2,1-8H3. The Hall–Kier alpha value is -0.213. The Labute approximate surface area is 127 Å². The van der Waals surface area contributed by atoms with Gasteiger partial charge in [0.2, 0.25) is 0 Å². The molecule has 1 aromatic rings. The van der Waals surface area contributed by atoms with E-state index in [9.17, 15) is 0 Å². The van der Waals surface area contributed by atoms with E-state index in [0.29, 0.717) is 6.10 Å². The van der Waals surface area contributed by atoms with E-state index in [-0.39, 0.29) is 0 Å². The summed E-state index contributed by atoms with van der Waals surface area (Å²) < 4.78 is 10.2. The van der Waals surface area contributed by atoms with Crippen molar-refractivity contribution in [2.45, 2.75) is 66.8 Å². The van der Waals surface area contributed by atoms with Gasteiger partial charge in [0.15, 0.2) is 0 Å². The molecule has 20 heavy (non-hydrogen) atoms. The van der Waals surface area contributed by atoms with Crippen molar-refractivity contribution in [3.05, 3.63) is 28.8 Å². The third-order valence-electron chi connectivity index (χ3n) is 3.14. The first-order valence-corrected chi connectivity index (χ1v) is 12.2. The van der Waals surface area contributed by atoms with Gasteiger partial charge in [-0.2, -0.15) is 0 Å². The summed E-state index contributed by atoms with van der Waals surface area (Å²) in [6.45, 7) is 17.9. The fourth-order valence-electron chi connectivity index (χ4n) is 2.19. The van der Waals surface area contributed by atoms with Crippen LogP contribution in [0.2, 0.25) is 19.6 Å². The summed E-state index contributed by atoms with van der Waals surface area (Å²) in [5, 5.41) is 1.38. The highest BCUT2D eigenvalue weighted by atomic mass is 31.2. The molecule has 0 fully saturated rings. The minimum atomic E-state index is -1.39. The van der Waals surface area contributed by atoms with Crippen molar-refractivity contribution in [1.29, 1.82) is 0 Å². The Morgan fingerprint density at radius 3 is 2.05 bits per heavy atom. The van der Waals surface area contributed by atoms with Gasteiger partial charge in [-0.3, -0.25) is 4.75 Å². The molecule has 0 aliphatic heterocycles. The molecule has 0 aliphatic carbocycles. The van der Waals surface area contributed by atoms with Crippen molar-refractivity contribution < 1.29 is 4.52 Å². The SMILES string of the molecule is CCC(C)OP(N[Si](C)(C)C)c1c(C)cc(C)cc1C. The molecule has 2 unspecified atom stereocenters. The lowest BCUT2D eigenvalue weighted by atomic mass is 10.1. The van der Waals surface area contributed by atoms with Gasteiger partial charge < -0.3 is 4.52 Å². The Balaban J connectivity index is 3.16. The molecule has 1 aromatic carbocycles. The Kier molecular flexibility index (Phi) is 6.40. The zero-order valence-corrected chi connectivity index (χ0v) is 16.2. The largest absolute Gasteiger partial charge is 0.337 e. The van der Waals surface area contributed by atoms with Crippen LogP contribution in [0, 0.1) is 20.8 Å². The molecule has 0 aromatic heterocycles. The lowest BCUT2D eigenvalue weighted by Crippen LogP contribution is -2.41. The van der Waals surface area contributed by atoms with Crippen molar-refractivity contribution in [3.63, 3.8) is 0 Å². The zero-order valence-electron chi connectivity index (χ0n) is 14.3. The van der Waals surface area contributed by atoms with Gasteiger partial charge in [0, 0.05) is 5.30 Å². The van der Waals surface area contributed by atoms with Crippen LogP contribution in [0.1, 0.15) is 37.0 Å². The quantitative estimate of drug-likeness (QED) is 0.602. The van der Waals surface area contributed by atoms with Crippen LogP contribution < -0.4 is 10.1 Å². The fraction of sp³-hybridized carbons (Fsp3) is 0.625. The maximum absolute atomic E-state index is 6.35. The summed E-state index contributed by atoms with van der Waals surface area (Å²) in [5.74, 6) is 0. The maximum Gasteiger partial charge on any atom is 0.128 e. The molecular weight excluding hydrogens is 281 g/mol. The summed E-state index contributed by atoms with van der Waals surface area (Å²) in [4.78, 5) is 0. The number of nitrogens with one attached hydrogen (secondary N) is 1. The highest BCUT2D eigenvalue weighted by Crippen LogP contribution is 2.38. The normalized spacial score (nSPS) is 15.2.